The fourth-order valence-corrected chi connectivity index (χ4v) is 3.22. The number of hydrogen-bond donors (Lipinski definition) is 0. The van der Waals surface area contributed by atoms with Gasteiger partial charge in [0.15, 0.2) is 0 Å². The molecule has 104 valence electrons. The molecule has 2 aliphatic rings. The minimum Gasteiger partial charge on any atom is -0.274 e. The molecule has 1 heterocycles. The van der Waals surface area contributed by atoms with E-state index in [0.29, 0.717) is 5.69 Å². The average Bonchev–Trinajstić information content (AvgIpc) is 2.97. The van der Waals surface area contributed by atoms with Gasteiger partial charge in [0.1, 0.15) is 0 Å². The maximum absolute atomic E-state index is 12.5. The number of benzene rings is 1. The molecule has 6 heteroatoms. The first-order valence-corrected chi connectivity index (χ1v) is 6.65. The topological polar surface area (TPSA) is 80.5 Å². The van der Waals surface area contributed by atoms with Gasteiger partial charge in [0.25, 0.3) is 5.69 Å². The van der Waals surface area contributed by atoms with Crippen molar-refractivity contribution < 1.29 is 14.5 Å². The van der Waals surface area contributed by atoms with Gasteiger partial charge in [-0.05, 0) is 25.0 Å². The summed E-state index contributed by atoms with van der Waals surface area (Å²) in [5, 5.41) is 10.6. The van der Waals surface area contributed by atoms with Crippen molar-refractivity contribution in [3.8, 4) is 0 Å². The molecule has 0 aromatic heterocycles. The van der Waals surface area contributed by atoms with E-state index in [9.17, 15) is 19.7 Å². The molecule has 1 saturated carbocycles. The molecular formula is C14H14N2O4. The maximum atomic E-state index is 12.5. The smallest absolute Gasteiger partial charge is 0.269 e. The van der Waals surface area contributed by atoms with E-state index < -0.39 is 10.3 Å². The Kier molecular flexibility index (Phi) is 2.81. The Morgan fingerprint density at radius 1 is 1.10 bits per heavy atom. The number of hydrogen-bond acceptors (Lipinski definition) is 4. The molecule has 2 amide bonds. The Hall–Kier alpha value is -2.24. The van der Waals surface area contributed by atoms with Gasteiger partial charge in [0.05, 0.1) is 16.0 Å². The Bertz CT molecular complexity index is 588. The van der Waals surface area contributed by atoms with E-state index in [-0.39, 0.29) is 23.9 Å². The molecule has 0 N–H and O–H groups in total. The zero-order valence-corrected chi connectivity index (χ0v) is 10.9. The van der Waals surface area contributed by atoms with E-state index in [4.69, 9.17) is 0 Å². The second kappa shape index (κ2) is 4.40. The second-order valence-corrected chi connectivity index (χ2v) is 5.47. The number of rotatable bonds is 2. The van der Waals surface area contributed by atoms with E-state index in [2.05, 4.69) is 0 Å². The lowest BCUT2D eigenvalue weighted by Gasteiger charge is -2.20. The molecule has 0 bridgehead atoms. The van der Waals surface area contributed by atoms with Crippen LogP contribution >= 0.6 is 0 Å². The minimum atomic E-state index is -0.515. The number of carbonyl (C=O) groups excluding carboxylic acids is 2. The molecule has 6 nitrogen and oxygen atoms in total. The first-order valence-electron chi connectivity index (χ1n) is 6.65. The number of nitro groups is 1. The van der Waals surface area contributed by atoms with Crippen LogP contribution in [0, 0.1) is 15.5 Å². The molecule has 0 atom stereocenters. The van der Waals surface area contributed by atoms with Gasteiger partial charge in [-0.15, -0.1) is 0 Å². The third-order valence-corrected chi connectivity index (χ3v) is 4.28. The summed E-state index contributed by atoms with van der Waals surface area (Å²) in [6, 6.07) is 5.55. The van der Waals surface area contributed by atoms with Crippen LogP contribution in [0.3, 0.4) is 0 Å². The van der Waals surface area contributed by atoms with Gasteiger partial charge in [0.2, 0.25) is 11.8 Å². The minimum absolute atomic E-state index is 0.0524. The van der Waals surface area contributed by atoms with Crippen LogP contribution in [-0.2, 0) is 9.59 Å². The average molecular weight is 274 g/mol. The van der Waals surface area contributed by atoms with Crippen molar-refractivity contribution in [1.82, 2.24) is 0 Å². The van der Waals surface area contributed by atoms with Crippen LogP contribution in [0.25, 0.3) is 0 Å². The number of nitro benzene ring substituents is 1. The first-order chi connectivity index (χ1) is 9.53. The molecule has 0 unspecified atom stereocenters. The number of nitrogens with zero attached hydrogens (tertiary/aromatic N) is 2. The number of anilines is 1. The summed E-state index contributed by atoms with van der Waals surface area (Å²) in [6.45, 7) is 0. The molecular weight excluding hydrogens is 260 g/mol. The summed E-state index contributed by atoms with van der Waals surface area (Å²) in [4.78, 5) is 36.0. The van der Waals surface area contributed by atoms with Crippen molar-refractivity contribution >= 4 is 23.2 Å². The fourth-order valence-electron chi connectivity index (χ4n) is 3.22. The molecule has 1 saturated heterocycles. The summed E-state index contributed by atoms with van der Waals surface area (Å²) in [5.74, 6) is -0.348. The van der Waals surface area contributed by atoms with E-state index in [1.165, 1.54) is 29.2 Å². The molecule has 1 spiro atoms. The highest BCUT2D eigenvalue weighted by Gasteiger charge is 2.53. The predicted octanol–water partition coefficient (Wildman–Crippen LogP) is 2.42. The van der Waals surface area contributed by atoms with Crippen LogP contribution in [0.15, 0.2) is 24.3 Å². The summed E-state index contributed by atoms with van der Waals surface area (Å²) >= 11 is 0. The van der Waals surface area contributed by atoms with Gasteiger partial charge in [-0.3, -0.25) is 24.6 Å². The Labute approximate surface area is 115 Å². The first kappa shape index (κ1) is 12.8. The van der Waals surface area contributed by atoms with Crippen molar-refractivity contribution in [3.63, 3.8) is 0 Å². The zero-order valence-electron chi connectivity index (χ0n) is 10.9. The summed E-state index contributed by atoms with van der Waals surface area (Å²) < 4.78 is 0. The lowest BCUT2D eigenvalue weighted by atomic mass is 9.84. The number of imide groups is 1. The number of carbonyl (C=O) groups is 2. The van der Waals surface area contributed by atoms with Crippen LogP contribution in [0.2, 0.25) is 0 Å². The van der Waals surface area contributed by atoms with E-state index in [1.807, 2.05) is 0 Å². The van der Waals surface area contributed by atoms with Crippen molar-refractivity contribution in [2.75, 3.05) is 4.90 Å². The highest BCUT2D eigenvalue weighted by molar-refractivity contribution is 6.22. The van der Waals surface area contributed by atoms with Crippen LogP contribution < -0.4 is 4.90 Å². The number of non-ortho nitro benzene ring substituents is 1. The standard InChI is InChI=1S/C14H14N2O4/c17-12-9-14(7-1-2-8-14)13(18)15(12)10-3-5-11(6-4-10)16(19)20/h3-6H,1-2,7-9H2. The molecule has 0 radical (unpaired) electrons. The Balaban J connectivity index is 1.92. The van der Waals surface area contributed by atoms with Gasteiger partial charge in [-0.25, -0.2) is 0 Å². The second-order valence-electron chi connectivity index (χ2n) is 5.47. The number of amides is 2. The maximum Gasteiger partial charge on any atom is 0.269 e. The quantitative estimate of drug-likeness (QED) is 0.471. The van der Waals surface area contributed by atoms with Crippen LogP contribution in [0.5, 0.6) is 0 Å². The molecule has 3 rings (SSSR count). The van der Waals surface area contributed by atoms with E-state index in [1.54, 1.807) is 0 Å². The van der Waals surface area contributed by atoms with E-state index >= 15 is 0 Å². The largest absolute Gasteiger partial charge is 0.274 e. The third-order valence-electron chi connectivity index (χ3n) is 4.28. The lowest BCUT2D eigenvalue weighted by Crippen LogP contribution is -2.34. The van der Waals surface area contributed by atoms with Gasteiger partial charge in [-0.2, -0.15) is 0 Å². The van der Waals surface area contributed by atoms with Gasteiger partial charge < -0.3 is 0 Å². The van der Waals surface area contributed by atoms with Crippen molar-refractivity contribution in [2.45, 2.75) is 32.1 Å². The monoisotopic (exact) mass is 274 g/mol. The zero-order chi connectivity index (χ0) is 14.3. The van der Waals surface area contributed by atoms with Gasteiger partial charge >= 0.3 is 0 Å². The van der Waals surface area contributed by atoms with Gasteiger partial charge in [-0.1, -0.05) is 12.8 Å². The summed E-state index contributed by atoms with van der Waals surface area (Å²) in [6.07, 6.45) is 3.76. The highest BCUT2D eigenvalue weighted by atomic mass is 16.6. The molecule has 1 aliphatic heterocycles. The third kappa shape index (κ3) is 1.79. The van der Waals surface area contributed by atoms with Crippen LogP contribution in [-0.4, -0.2) is 16.7 Å². The predicted molar refractivity (Wildman–Crippen MR) is 71.1 cm³/mol. The van der Waals surface area contributed by atoms with Crippen molar-refractivity contribution in [2.24, 2.45) is 5.41 Å². The molecule has 20 heavy (non-hydrogen) atoms. The fraction of sp³-hybridized carbons (Fsp3) is 0.429. The Morgan fingerprint density at radius 2 is 1.70 bits per heavy atom. The Morgan fingerprint density at radius 3 is 2.25 bits per heavy atom. The molecule has 1 aliphatic carbocycles. The molecule has 2 fully saturated rings. The SMILES string of the molecule is O=C1CC2(CCCC2)C(=O)N1c1ccc([N+](=O)[O-])cc1. The van der Waals surface area contributed by atoms with Gasteiger partial charge in [0, 0.05) is 18.6 Å². The van der Waals surface area contributed by atoms with Crippen LogP contribution in [0.1, 0.15) is 32.1 Å². The summed E-state index contributed by atoms with van der Waals surface area (Å²) in [5.41, 5.74) is -0.142. The molecule has 1 aromatic carbocycles. The summed E-state index contributed by atoms with van der Waals surface area (Å²) in [7, 11) is 0. The van der Waals surface area contributed by atoms with Crippen molar-refractivity contribution in [3.05, 3.63) is 34.4 Å². The van der Waals surface area contributed by atoms with Crippen molar-refractivity contribution in [1.29, 1.82) is 0 Å². The van der Waals surface area contributed by atoms with Crippen LogP contribution in [0.4, 0.5) is 11.4 Å². The highest BCUT2D eigenvalue weighted by Crippen LogP contribution is 2.47. The molecule has 1 aromatic rings. The lowest BCUT2D eigenvalue weighted by molar-refractivity contribution is -0.384. The van der Waals surface area contributed by atoms with E-state index in [0.717, 1.165) is 25.7 Å². The normalized spacial score (nSPS) is 20.9.